The normalized spacial score (nSPS) is 44.8. The Bertz CT molecular complexity index is 861. The first-order valence-corrected chi connectivity index (χ1v) is 12.9. The molecule has 1 heterocycles. The summed E-state index contributed by atoms with van der Waals surface area (Å²) in [5.74, 6) is 2.50. The summed E-state index contributed by atoms with van der Waals surface area (Å²) < 4.78 is 19.3. The third-order valence-corrected chi connectivity index (χ3v) is 10.6. The van der Waals surface area contributed by atoms with Crippen LogP contribution < -0.4 is 0 Å². The van der Waals surface area contributed by atoms with Gasteiger partial charge in [-0.3, -0.25) is 4.79 Å². The lowest BCUT2D eigenvalue weighted by Gasteiger charge is -2.62. The SMILES string of the molecule is C[C@]12C(CCC3C1CC[C@@]1(C)C3CCC13OCCO3)CC(=O)C[C@@H]2OCc1ccccc1. The van der Waals surface area contributed by atoms with Crippen LogP contribution in [0.5, 0.6) is 0 Å². The molecule has 1 aromatic rings. The smallest absolute Gasteiger partial charge is 0.174 e. The number of rotatable bonds is 3. The Balaban J connectivity index is 1.28. The lowest BCUT2D eigenvalue weighted by Crippen LogP contribution is -2.60. The Labute approximate surface area is 192 Å². The summed E-state index contributed by atoms with van der Waals surface area (Å²) in [4.78, 5) is 12.7. The molecule has 1 aliphatic heterocycles. The van der Waals surface area contributed by atoms with Gasteiger partial charge in [0.1, 0.15) is 5.78 Å². The molecule has 4 heteroatoms. The van der Waals surface area contributed by atoms with E-state index in [1.807, 2.05) is 6.07 Å². The van der Waals surface area contributed by atoms with Crippen molar-refractivity contribution in [2.45, 2.75) is 83.7 Å². The molecule has 7 atom stereocenters. The van der Waals surface area contributed by atoms with Gasteiger partial charge in [0.2, 0.25) is 0 Å². The Morgan fingerprint density at radius 3 is 2.47 bits per heavy atom. The summed E-state index contributed by atoms with van der Waals surface area (Å²) >= 11 is 0. The third-order valence-electron chi connectivity index (χ3n) is 10.6. The minimum Gasteiger partial charge on any atom is -0.372 e. The highest BCUT2D eigenvalue weighted by atomic mass is 16.7. The standard InChI is InChI=1S/C28H38O4/c1-26-12-10-24-22(23(26)11-13-28(26)31-14-15-32-28)9-8-20-16-21(29)17-25(27(20,24)2)30-18-19-6-4-3-5-7-19/h3-7,20,22-25H,8-18H2,1-2H3/t20?,22?,23?,24?,25-,26-,27-/m0/s1. The molecule has 1 saturated heterocycles. The van der Waals surface area contributed by atoms with E-state index in [-0.39, 0.29) is 22.7 Å². The molecule has 1 spiro atoms. The van der Waals surface area contributed by atoms with Gasteiger partial charge in [-0.05, 0) is 61.3 Å². The van der Waals surface area contributed by atoms with Crippen LogP contribution in [-0.4, -0.2) is 30.9 Å². The molecule has 0 radical (unpaired) electrons. The van der Waals surface area contributed by atoms with Crippen molar-refractivity contribution in [2.24, 2.45) is 34.5 Å². The van der Waals surface area contributed by atoms with Crippen molar-refractivity contribution < 1.29 is 19.0 Å². The summed E-state index contributed by atoms with van der Waals surface area (Å²) in [6.07, 6.45) is 8.41. The van der Waals surface area contributed by atoms with Crippen molar-refractivity contribution in [1.29, 1.82) is 0 Å². The minimum atomic E-state index is -0.341. The molecule has 4 unspecified atom stereocenters. The molecule has 174 valence electrons. The Hall–Kier alpha value is -1.23. The van der Waals surface area contributed by atoms with Gasteiger partial charge in [0.15, 0.2) is 5.79 Å². The van der Waals surface area contributed by atoms with E-state index >= 15 is 0 Å². The monoisotopic (exact) mass is 438 g/mol. The van der Waals surface area contributed by atoms with Crippen molar-refractivity contribution in [2.75, 3.05) is 13.2 Å². The topological polar surface area (TPSA) is 44.8 Å². The van der Waals surface area contributed by atoms with Gasteiger partial charge in [-0.2, -0.15) is 0 Å². The van der Waals surface area contributed by atoms with Crippen molar-refractivity contribution in [3.8, 4) is 0 Å². The zero-order chi connectivity index (χ0) is 22.0. The molecule has 6 rings (SSSR count). The predicted molar refractivity (Wildman–Crippen MR) is 122 cm³/mol. The van der Waals surface area contributed by atoms with Gasteiger partial charge in [-0.15, -0.1) is 0 Å². The van der Waals surface area contributed by atoms with Gasteiger partial charge in [0.25, 0.3) is 0 Å². The second kappa shape index (κ2) is 7.65. The number of hydrogen-bond donors (Lipinski definition) is 0. The minimum absolute atomic E-state index is 0.0282. The number of ketones is 1. The molecule has 5 aliphatic rings. The highest BCUT2D eigenvalue weighted by molar-refractivity contribution is 5.80. The van der Waals surface area contributed by atoms with E-state index in [4.69, 9.17) is 14.2 Å². The van der Waals surface area contributed by atoms with Crippen LogP contribution in [0.25, 0.3) is 0 Å². The summed E-state index contributed by atoms with van der Waals surface area (Å²) in [5, 5.41) is 0. The van der Waals surface area contributed by atoms with Crippen LogP contribution in [-0.2, 0) is 25.6 Å². The number of fused-ring (bicyclic) bond motifs is 6. The van der Waals surface area contributed by atoms with E-state index in [1.165, 1.54) is 31.2 Å². The largest absolute Gasteiger partial charge is 0.372 e. The molecule has 0 N–H and O–H groups in total. The fraction of sp³-hybridized carbons (Fsp3) is 0.750. The average Bonchev–Trinajstić information content (AvgIpc) is 3.39. The second-order valence-corrected chi connectivity index (χ2v) is 11.7. The molecule has 0 amide bonds. The van der Waals surface area contributed by atoms with E-state index in [9.17, 15) is 4.79 Å². The van der Waals surface area contributed by atoms with Gasteiger partial charge >= 0.3 is 0 Å². The van der Waals surface area contributed by atoms with Gasteiger partial charge in [0, 0.05) is 30.1 Å². The van der Waals surface area contributed by atoms with Gasteiger partial charge in [0.05, 0.1) is 25.9 Å². The molecule has 0 bridgehead atoms. The predicted octanol–water partition coefficient (Wildman–Crippen LogP) is 5.54. The Morgan fingerprint density at radius 1 is 0.938 bits per heavy atom. The van der Waals surface area contributed by atoms with E-state index in [1.54, 1.807) is 0 Å². The van der Waals surface area contributed by atoms with Crippen LogP contribution in [0.4, 0.5) is 0 Å². The number of carbonyl (C=O) groups is 1. The summed E-state index contributed by atoms with van der Waals surface area (Å²) in [7, 11) is 0. The molecule has 4 saturated carbocycles. The second-order valence-electron chi connectivity index (χ2n) is 11.7. The van der Waals surface area contributed by atoms with E-state index in [2.05, 4.69) is 38.1 Å². The van der Waals surface area contributed by atoms with Crippen LogP contribution in [0, 0.1) is 34.5 Å². The van der Waals surface area contributed by atoms with E-state index in [0.29, 0.717) is 42.5 Å². The molecule has 32 heavy (non-hydrogen) atoms. The lowest BCUT2D eigenvalue weighted by atomic mass is 9.44. The number of Topliss-reactive ketones (excluding diaryl/α,β-unsaturated/α-hetero) is 1. The molecule has 5 fully saturated rings. The number of carbonyl (C=O) groups excluding carboxylic acids is 1. The van der Waals surface area contributed by atoms with Crippen LogP contribution >= 0.6 is 0 Å². The average molecular weight is 439 g/mol. The summed E-state index contributed by atoms with van der Waals surface area (Å²) in [6.45, 7) is 7.02. The zero-order valence-electron chi connectivity index (χ0n) is 19.7. The maximum atomic E-state index is 12.7. The number of benzene rings is 1. The fourth-order valence-electron chi connectivity index (χ4n) is 8.97. The summed E-state index contributed by atoms with van der Waals surface area (Å²) in [6, 6.07) is 10.4. The maximum absolute atomic E-state index is 12.7. The molecule has 1 aromatic carbocycles. The molecular formula is C28H38O4. The number of ether oxygens (including phenoxy) is 3. The van der Waals surface area contributed by atoms with Crippen molar-refractivity contribution in [3.05, 3.63) is 35.9 Å². The zero-order valence-corrected chi connectivity index (χ0v) is 19.7. The molecular weight excluding hydrogens is 400 g/mol. The van der Waals surface area contributed by atoms with Crippen molar-refractivity contribution >= 4 is 5.78 Å². The summed E-state index contributed by atoms with van der Waals surface area (Å²) in [5.41, 5.74) is 1.40. The van der Waals surface area contributed by atoms with Gasteiger partial charge in [-0.1, -0.05) is 44.2 Å². The van der Waals surface area contributed by atoms with Crippen molar-refractivity contribution in [1.82, 2.24) is 0 Å². The van der Waals surface area contributed by atoms with Gasteiger partial charge in [-0.25, -0.2) is 0 Å². The van der Waals surface area contributed by atoms with Gasteiger partial charge < -0.3 is 14.2 Å². The van der Waals surface area contributed by atoms with Crippen LogP contribution in [0.15, 0.2) is 30.3 Å². The molecule has 4 aliphatic carbocycles. The third kappa shape index (κ3) is 2.95. The molecule has 4 nitrogen and oxygen atoms in total. The fourth-order valence-corrected chi connectivity index (χ4v) is 8.97. The highest BCUT2D eigenvalue weighted by Crippen LogP contribution is 2.69. The Morgan fingerprint density at radius 2 is 1.69 bits per heavy atom. The number of hydrogen-bond acceptors (Lipinski definition) is 4. The van der Waals surface area contributed by atoms with Crippen LogP contribution in [0.1, 0.15) is 70.8 Å². The van der Waals surface area contributed by atoms with E-state index in [0.717, 1.165) is 32.5 Å². The first kappa shape index (κ1) is 21.3. The quantitative estimate of drug-likeness (QED) is 0.622. The first-order valence-electron chi connectivity index (χ1n) is 12.9. The van der Waals surface area contributed by atoms with E-state index < -0.39 is 0 Å². The Kier molecular flexibility index (Phi) is 5.09. The first-order chi connectivity index (χ1) is 15.5. The van der Waals surface area contributed by atoms with Crippen LogP contribution in [0.2, 0.25) is 0 Å². The molecule has 0 aromatic heterocycles. The lowest BCUT2D eigenvalue weighted by molar-refractivity contribution is -0.253. The van der Waals surface area contributed by atoms with Crippen LogP contribution in [0.3, 0.4) is 0 Å². The van der Waals surface area contributed by atoms with Crippen molar-refractivity contribution in [3.63, 3.8) is 0 Å². The maximum Gasteiger partial charge on any atom is 0.174 e. The highest BCUT2D eigenvalue weighted by Gasteiger charge is 2.68.